The van der Waals surface area contributed by atoms with Gasteiger partial charge in [-0.3, -0.25) is 9.69 Å². The quantitative estimate of drug-likeness (QED) is 0.871. The van der Waals surface area contributed by atoms with E-state index in [0.717, 1.165) is 23.4 Å². The molecule has 1 aromatic carbocycles. The summed E-state index contributed by atoms with van der Waals surface area (Å²) >= 11 is 0.995. The number of carboxylic acids is 1. The maximum absolute atomic E-state index is 12.7. The van der Waals surface area contributed by atoms with Crippen LogP contribution in [0.2, 0.25) is 0 Å². The van der Waals surface area contributed by atoms with Crippen molar-refractivity contribution < 1.29 is 19.4 Å². The van der Waals surface area contributed by atoms with Gasteiger partial charge in [-0.2, -0.15) is 0 Å². The standard InChI is InChI=1S/C19H22N2O4S/c1-20-10-11-25-14(17(20)13-6-4-3-5-7-13)12-21(2)18(22)15-8-9-16(26-15)19(23)24/h3-9,14,17H,10-12H2,1-2H3,(H,23,24)/t14-,17-/m0/s1. The maximum Gasteiger partial charge on any atom is 0.345 e. The van der Waals surface area contributed by atoms with Gasteiger partial charge in [-0.1, -0.05) is 30.3 Å². The number of carbonyl (C=O) groups excluding carboxylic acids is 1. The van der Waals surface area contributed by atoms with Crippen LogP contribution in [0.15, 0.2) is 42.5 Å². The SMILES string of the molecule is CN(C[C@@H]1OCCN(C)[C@H]1c1ccccc1)C(=O)c1ccc(C(=O)O)s1. The van der Waals surface area contributed by atoms with E-state index in [1.165, 1.54) is 6.07 Å². The number of hydrogen-bond acceptors (Lipinski definition) is 5. The van der Waals surface area contributed by atoms with Gasteiger partial charge in [-0.25, -0.2) is 4.79 Å². The molecule has 1 amide bonds. The van der Waals surface area contributed by atoms with Crippen molar-refractivity contribution in [2.75, 3.05) is 33.8 Å². The summed E-state index contributed by atoms with van der Waals surface area (Å²) in [6.45, 7) is 1.89. The van der Waals surface area contributed by atoms with E-state index in [4.69, 9.17) is 9.84 Å². The van der Waals surface area contributed by atoms with E-state index in [0.29, 0.717) is 18.0 Å². The topological polar surface area (TPSA) is 70.1 Å². The molecule has 0 aliphatic carbocycles. The molecule has 1 aliphatic heterocycles. The number of carboxylic acid groups (broad SMARTS) is 1. The molecule has 0 bridgehead atoms. The molecule has 0 radical (unpaired) electrons. The van der Waals surface area contributed by atoms with E-state index in [2.05, 4.69) is 24.1 Å². The fourth-order valence-electron chi connectivity index (χ4n) is 3.24. The molecule has 0 saturated carbocycles. The Morgan fingerprint density at radius 1 is 1.23 bits per heavy atom. The average Bonchev–Trinajstić information content (AvgIpc) is 3.12. The Hall–Kier alpha value is -2.22. The molecular formula is C19H22N2O4S. The van der Waals surface area contributed by atoms with Gasteiger partial charge in [0.1, 0.15) is 4.88 Å². The zero-order valence-electron chi connectivity index (χ0n) is 14.8. The summed E-state index contributed by atoms with van der Waals surface area (Å²) in [6.07, 6.45) is -0.149. The summed E-state index contributed by atoms with van der Waals surface area (Å²) in [7, 11) is 3.79. The first-order valence-corrected chi connectivity index (χ1v) is 9.24. The van der Waals surface area contributed by atoms with Gasteiger partial charge in [0.2, 0.25) is 0 Å². The third-order valence-electron chi connectivity index (χ3n) is 4.57. The largest absolute Gasteiger partial charge is 0.477 e. The van der Waals surface area contributed by atoms with Gasteiger partial charge in [0.15, 0.2) is 0 Å². The van der Waals surface area contributed by atoms with E-state index >= 15 is 0 Å². The molecule has 138 valence electrons. The Balaban J connectivity index is 1.74. The molecule has 1 aliphatic rings. The molecular weight excluding hydrogens is 352 g/mol. The molecule has 0 spiro atoms. The highest BCUT2D eigenvalue weighted by molar-refractivity contribution is 7.15. The number of rotatable bonds is 5. The minimum atomic E-state index is -1.02. The Bertz CT molecular complexity index is 777. The highest BCUT2D eigenvalue weighted by Crippen LogP contribution is 2.29. The summed E-state index contributed by atoms with van der Waals surface area (Å²) in [5, 5.41) is 9.03. The second-order valence-corrected chi connectivity index (χ2v) is 7.48. The number of hydrogen-bond donors (Lipinski definition) is 1. The molecule has 1 saturated heterocycles. The van der Waals surface area contributed by atoms with Crippen LogP contribution in [0.4, 0.5) is 0 Å². The molecule has 1 N–H and O–H groups in total. The third-order valence-corrected chi connectivity index (χ3v) is 5.63. The smallest absolute Gasteiger partial charge is 0.345 e. The fourth-order valence-corrected chi connectivity index (χ4v) is 4.08. The fraction of sp³-hybridized carbons (Fsp3) is 0.368. The number of carbonyl (C=O) groups is 2. The Morgan fingerprint density at radius 2 is 1.92 bits per heavy atom. The highest BCUT2D eigenvalue weighted by Gasteiger charge is 2.33. The molecule has 7 heteroatoms. The van der Waals surface area contributed by atoms with Crippen LogP contribution in [0, 0.1) is 0 Å². The van der Waals surface area contributed by atoms with Crippen molar-refractivity contribution in [3.63, 3.8) is 0 Å². The molecule has 2 aromatic rings. The molecule has 1 fully saturated rings. The van der Waals surface area contributed by atoms with Crippen molar-refractivity contribution in [1.29, 1.82) is 0 Å². The normalized spacial score (nSPS) is 20.7. The van der Waals surface area contributed by atoms with Gasteiger partial charge in [-0.15, -0.1) is 11.3 Å². The summed E-state index contributed by atoms with van der Waals surface area (Å²) in [4.78, 5) is 28.1. The summed E-state index contributed by atoms with van der Waals surface area (Å²) in [6, 6.07) is 13.2. The predicted molar refractivity (Wildman–Crippen MR) is 99.8 cm³/mol. The summed E-state index contributed by atoms with van der Waals surface area (Å²) in [5.41, 5.74) is 1.16. The van der Waals surface area contributed by atoms with Crippen molar-refractivity contribution in [3.8, 4) is 0 Å². The summed E-state index contributed by atoms with van der Waals surface area (Å²) < 4.78 is 5.99. The number of ether oxygens (including phenoxy) is 1. The lowest BCUT2D eigenvalue weighted by Crippen LogP contribution is -2.48. The van der Waals surface area contributed by atoms with Gasteiger partial charge < -0.3 is 14.7 Å². The second kappa shape index (κ2) is 7.99. The van der Waals surface area contributed by atoms with E-state index < -0.39 is 5.97 Å². The lowest BCUT2D eigenvalue weighted by atomic mass is 9.98. The van der Waals surface area contributed by atoms with Crippen LogP contribution in [0.1, 0.15) is 30.9 Å². The Labute approximate surface area is 156 Å². The minimum absolute atomic E-state index is 0.0677. The molecule has 26 heavy (non-hydrogen) atoms. The lowest BCUT2D eigenvalue weighted by Gasteiger charge is -2.40. The van der Waals surface area contributed by atoms with Crippen molar-refractivity contribution in [2.45, 2.75) is 12.1 Å². The van der Waals surface area contributed by atoms with Gasteiger partial charge in [0.25, 0.3) is 5.91 Å². The lowest BCUT2D eigenvalue weighted by molar-refractivity contribution is -0.0707. The molecule has 3 rings (SSSR count). The van der Waals surface area contributed by atoms with Gasteiger partial charge >= 0.3 is 5.97 Å². The zero-order valence-corrected chi connectivity index (χ0v) is 15.6. The van der Waals surface area contributed by atoms with Crippen LogP contribution in [0.25, 0.3) is 0 Å². The molecule has 6 nitrogen and oxygen atoms in total. The zero-order chi connectivity index (χ0) is 18.7. The van der Waals surface area contributed by atoms with E-state index in [-0.39, 0.29) is 22.9 Å². The second-order valence-electron chi connectivity index (χ2n) is 6.40. The molecule has 2 atom stereocenters. The van der Waals surface area contributed by atoms with Crippen molar-refractivity contribution in [2.24, 2.45) is 0 Å². The first-order chi connectivity index (χ1) is 12.5. The maximum atomic E-state index is 12.7. The third kappa shape index (κ3) is 3.95. The number of benzene rings is 1. The average molecular weight is 374 g/mol. The van der Waals surface area contributed by atoms with Crippen LogP contribution in [0.3, 0.4) is 0 Å². The van der Waals surface area contributed by atoms with Crippen molar-refractivity contribution in [3.05, 3.63) is 57.8 Å². The van der Waals surface area contributed by atoms with E-state index in [1.807, 2.05) is 18.2 Å². The van der Waals surface area contributed by atoms with Crippen molar-refractivity contribution >= 4 is 23.2 Å². The monoisotopic (exact) mass is 374 g/mol. The number of morpholine rings is 1. The minimum Gasteiger partial charge on any atom is -0.477 e. The number of nitrogens with zero attached hydrogens (tertiary/aromatic N) is 2. The number of aromatic carboxylic acids is 1. The van der Waals surface area contributed by atoms with E-state index in [1.54, 1.807) is 18.0 Å². The number of likely N-dealkylation sites (N-methyl/N-ethyl adjacent to an activating group) is 2. The van der Waals surface area contributed by atoms with E-state index in [9.17, 15) is 9.59 Å². The Kier molecular flexibility index (Phi) is 5.70. The van der Waals surface area contributed by atoms with Crippen LogP contribution < -0.4 is 0 Å². The first kappa shape index (κ1) is 18.6. The first-order valence-electron chi connectivity index (χ1n) is 8.42. The van der Waals surface area contributed by atoms with Crippen LogP contribution in [-0.4, -0.2) is 66.7 Å². The highest BCUT2D eigenvalue weighted by atomic mass is 32.1. The van der Waals surface area contributed by atoms with Crippen LogP contribution >= 0.6 is 11.3 Å². The van der Waals surface area contributed by atoms with Crippen LogP contribution in [0.5, 0.6) is 0 Å². The molecule has 0 unspecified atom stereocenters. The van der Waals surface area contributed by atoms with Gasteiger partial charge in [0.05, 0.1) is 23.6 Å². The molecule has 2 heterocycles. The number of amides is 1. The van der Waals surface area contributed by atoms with Gasteiger partial charge in [-0.05, 0) is 24.7 Å². The Morgan fingerprint density at radius 3 is 2.58 bits per heavy atom. The summed E-state index contributed by atoms with van der Waals surface area (Å²) in [5.74, 6) is -1.20. The van der Waals surface area contributed by atoms with Gasteiger partial charge in [0, 0.05) is 20.1 Å². The number of thiophene rings is 1. The van der Waals surface area contributed by atoms with Crippen LogP contribution in [-0.2, 0) is 4.74 Å². The predicted octanol–water partition coefficient (Wildman–Crippen LogP) is 2.59. The van der Waals surface area contributed by atoms with Crippen molar-refractivity contribution in [1.82, 2.24) is 9.80 Å². The molecule has 1 aromatic heterocycles.